The molecule has 0 fully saturated rings. The van der Waals surface area contributed by atoms with Crippen LogP contribution in [0.3, 0.4) is 0 Å². The summed E-state index contributed by atoms with van der Waals surface area (Å²) >= 11 is 0. The van der Waals surface area contributed by atoms with E-state index >= 15 is 0 Å². The molecule has 2 heterocycles. The summed E-state index contributed by atoms with van der Waals surface area (Å²) in [6.45, 7) is 1.23. The van der Waals surface area contributed by atoms with Gasteiger partial charge in [-0.25, -0.2) is 14.4 Å². The lowest BCUT2D eigenvalue weighted by Gasteiger charge is -2.20. The molecule has 2 N–H and O–H groups in total. The Kier molecular flexibility index (Phi) is 6.61. The second-order valence-electron chi connectivity index (χ2n) is 5.06. The zero-order chi connectivity index (χ0) is 17.6. The Morgan fingerprint density at radius 2 is 2.21 bits per heavy atom. The van der Waals surface area contributed by atoms with E-state index in [0.29, 0.717) is 11.2 Å². The van der Waals surface area contributed by atoms with Gasteiger partial charge in [-0.3, -0.25) is 4.57 Å². The van der Waals surface area contributed by atoms with Crippen LogP contribution in [-0.4, -0.2) is 58.8 Å². The van der Waals surface area contributed by atoms with Gasteiger partial charge in [-0.05, 0) is 6.92 Å². The van der Waals surface area contributed by atoms with Crippen molar-refractivity contribution in [2.24, 2.45) is 0 Å². The van der Waals surface area contributed by atoms with Crippen molar-refractivity contribution < 1.29 is 23.0 Å². The minimum atomic E-state index is -3.11. The molecule has 9 nitrogen and oxygen atoms in total. The van der Waals surface area contributed by atoms with Crippen LogP contribution in [0, 0.1) is 0 Å². The molecule has 0 aliphatic heterocycles. The van der Waals surface area contributed by atoms with E-state index in [9.17, 15) is 8.96 Å². The fourth-order valence-corrected chi connectivity index (χ4v) is 3.71. The summed E-state index contributed by atoms with van der Waals surface area (Å²) in [7, 11) is -1.69. The molecule has 0 aliphatic carbocycles. The highest BCUT2D eigenvalue weighted by Crippen LogP contribution is 2.46. The molecule has 24 heavy (non-hydrogen) atoms. The number of rotatable bonds is 10. The van der Waals surface area contributed by atoms with Crippen molar-refractivity contribution >= 4 is 19.0 Å². The average Bonchev–Trinajstić information content (AvgIpc) is 2.96. The predicted octanol–water partition coefficient (Wildman–Crippen LogP) is 1.48. The number of nitrogen functional groups attached to an aromatic ring is 1. The summed E-state index contributed by atoms with van der Waals surface area (Å²) in [5, 5.41) is 4.06. The fourth-order valence-electron chi connectivity index (χ4n) is 2.19. The molecule has 0 aromatic carbocycles. The first kappa shape index (κ1) is 18.7. The largest absolute Gasteiger partial charge is 0.375 e. The first-order valence-corrected chi connectivity index (χ1v) is 9.34. The van der Waals surface area contributed by atoms with E-state index < -0.39 is 20.1 Å². The van der Waals surface area contributed by atoms with E-state index in [1.165, 1.54) is 24.1 Å². The van der Waals surface area contributed by atoms with Gasteiger partial charge in [-0.15, -0.1) is 0 Å². The summed E-state index contributed by atoms with van der Waals surface area (Å²) < 4.78 is 42.7. The second-order valence-corrected chi connectivity index (χ2v) is 7.47. The summed E-state index contributed by atoms with van der Waals surface area (Å²) in [5.74, 6) is 0.185. The predicted molar refractivity (Wildman–Crippen MR) is 85.7 cm³/mol. The highest BCUT2D eigenvalue weighted by molar-refractivity contribution is 7.58. The zero-order valence-corrected chi connectivity index (χ0v) is 14.5. The van der Waals surface area contributed by atoms with E-state index in [1.807, 2.05) is 0 Å². The van der Waals surface area contributed by atoms with Crippen LogP contribution in [0.15, 0.2) is 12.5 Å². The molecule has 134 valence electrons. The monoisotopic (exact) mass is 361 g/mol. The molecule has 0 saturated heterocycles. The molecule has 0 amide bonds. The van der Waals surface area contributed by atoms with Crippen molar-refractivity contribution in [3.63, 3.8) is 0 Å². The number of ether oxygens (including phenoxy) is 2. The van der Waals surface area contributed by atoms with Crippen molar-refractivity contribution in [2.45, 2.75) is 19.4 Å². The minimum Gasteiger partial charge on any atom is -0.375 e. The number of nitrogens with two attached hydrogens (primary N) is 1. The van der Waals surface area contributed by atoms with Gasteiger partial charge >= 0.3 is 0 Å². The molecule has 2 atom stereocenters. The third-order valence-electron chi connectivity index (χ3n) is 3.22. The summed E-state index contributed by atoms with van der Waals surface area (Å²) in [4.78, 5) is 7.91. The van der Waals surface area contributed by atoms with Gasteiger partial charge in [0.15, 0.2) is 5.65 Å². The molecule has 0 aliphatic rings. The van der Waals surface area contributed by atoms with Gasteiger partial charge in [0.25, 0.3) is 7.37 Å². The summed E-state index contributed by atoms with van der Waals surface area (Å²) in [6, 6.07) is 0. The normalized spacial score (nSPS) is 15.5. The molecule has 0 radical (unpaired) electrons. The van der Waals surface area contributed by atoms with Crippen LogP contribution in [0.2, 0.25) is 0 Å². The summed E-state index contributed by atoms with van der Waals surface area (Å²) in [6.07, 6.45) is 1.93. The third kappa shape index (κ3) is 4.47. The number of aromatic nitrogens is 4. The molecule has 0 spiro atoms. The number of nitrogens with zero attached hydrogens (tertiary/aromatic N) is 4. The number of fused-ring (bicyclic) bond motifs is 1. The zero-order valence-electron chi connectivity index (χ0n) is 13.6. The number of hydrogen-bond acceptors (Lipinski definition) is 8. The Balaban J connectivity index is 2.06. The van der Waals surface area contributed by atoms with E-state index in [2.05, 4.69) is 15.1 Å². The number of methoxy groups -OCH3 is 1. The van der Waals surface area contributed by atoms with E-state index in [1.54, 1.807) is 6.92 Å². The topological polar surface area (TPSA) is 114 Å². The van der Waals surface area contributed by atoms with E-state index in [-0.39, 0.29) is 31.7 Å². The first-order chi connectivity index (χ1) is 11.5. The number of hydrogen-bond donors (Lipinski definition) is 1. The molecular weight excluding hydrogens is 340 g/mol. The maximum absolute atomic E-state index is 13.3. The number of anilines is 1. The Labute approximate surface area is 138 Å². The second kappa shape index (κ2) is 8.48. The van der Waals surface area contributed by atoms with Gasteiger partial charge in [0, 0.05) is 19.1 Å². The summed E-state index contributed by atoms with van der Waals surface area (Å²) in [5.41, 5.74) is 6.83. The number of alkyl halides is 1. The van der Waals surface area contributed by atoms with Crippen LogP contribution >= 0.6 is 7.37 Å². The molecular formula is C13H21FN5O4P. The lowest BCUT2D eigenvalue weighted by Crippen LogP contribution is -2.20. The highest BCUT2D eigenvalue weighted by atomic mass is 31.2. The van der Waals surface area contributed by atoms with E-state index in [4.69, 9.17) is 19.7 Å². The van der Waals surface area contributed by atoms with Crippen LogP contribution < -0.4 is 5.73 Å². The van der Waals surface area contributed by atoms with Crippen molar-refractivity contribution in [1.82, 2.24) is 19.6 Å². The maximum atomic E-state index is 13.3. The van der Waals surface area contributed by atoms with Crippen LogP contribution in [0.25, 0.3) is 5.65 Å². The first-order valence-electron chi connectivity index (χ1n) is 7.35. The van der Waals surface area contributed by atoms with Gasteiger partial charge in [0.05, 0.1) is 18.9 Å². The fraction of sp³-hybridized carbons (Fsp3) is 0.615. The molecule has 1 unspecified atom stereocenters. The van der Waals surface area contributed by atoms with E-state index in [0.717, 1.165) is 0 Å². The molecule has 2 rings (SSSR count). The molecule has 0 saturated carbocycles. The molecule has 0 bridgehead atoms. The Hall–Kier alpha value is -1.61. The van der Waals surface area contributed by atoms with Crippen LogP contribution in [-0.2, 0) is 25.0 Å². The Morgan fingerprint density at radius 1 is 1.42 bits per heavy atom. The van der Waals surface area contributed by atoms with Gasteiger partial charge in [0.2, 0.25) is 5.95 Å². The van der Waals surface area contributed by atoms with Gasteiger partial charge in [-0.2, -0.15) is 9.61 Å². The van der Waals surface area contributed by atoms with Gasteiger partial charge in [0.1, 0.15) is 25.7 Å². The highest BCUT2D eigenvalue weighted by Gasteiger charge is 2.26. The SMILES string of the molecule is CCOP(=O)(COC)CO[C@H](CF)Cc1cnn2c(N)ncnc12. The van der Waals surface area contributed by atoms with Gasteiger partial charge < -0.3 is 19.7 Å². The average molecular weight is 361 g/mol. The maximum Gasteiger partial charge on any atom is 0.252 e. The molecule has 2 aromatic heterocycles. The lowest BCUT2D eigenvalue weighted by molar-refractivity contribution is 0.0568. The Bertz CT molecular complexity index is 703. The lowest BCUT2D eigenvalue weighted by atomic mass is 10.1. The molecule has 11 heteroatoms. The minimum absolute atomic E-state index is 0.0830. The van der Waals surface area contributed by atoms with Crippen molar-refractivity contribution in [1.29, 1.82) is 0 Å². The molecule has 2 aromatic rings. The third-order valence-corrected chi connectivity index (χ3v) is 5.14. The van der Waals surface area contributed by atoms with Crippen molar-refractivity contribution in [2.75, 3.05) is 38.8 Å². The van der Waals surface area contributed by atoms with Crippen LogP contribution in [0.5, 0.6) is 0 Å². The van der Waals surface area contributed by atoms with Gasteiger partial charge in [-0.1, -0.05) is 0 Å². The Morgan fingerprint density at radius 3 is 2.88 bits per heavy atom. The van der Waals surface area contributed by atoms with Crippen LogP contribution in [0.1, 0.15) is 12.5 Å². The number of halogens is 1. The van der Waals surface area contributed by atoms with Crippen LogP contribution in [0.4, 0.5) is 10.3 Å². The quantitative estimate of drug-likeness (QED) is 0.633. The van der Waals surface area contributed by atoms with Crippen molar-refractivity contribution in [3.05, 3.63) is 18.1 Å². The smallest absolute Gasteiger partial charge is 0.252 e. The van der Waals surface area contributed by atoms with Crippen molar-refractivity contribution in [3.8, 4) is 0 Å². The standard InChI is InChI=1S/C13H21FN5O4P/c1-3-23-24(20,8-21-2)9-22-11(5-14)4-10-6-18-19-12(10)16-7-17-13(19)15/h6-7,11H,3-5,8-9H2,1-2H3,(H2,15,16,17)/t11-,24?/m0/s1.